The number of aromatic nitrogens is 1. The topological polar surface area (TPSA) is 25.2 Å². The molecule has 0 bridgehead atoms. The molecule has 3 heteroatoms. The molecular formula is C15H18N2O. The summed E-state index contributed by atoms with van der Waals surface area (Å²) in [5, 5.41) is 1.25. The highest BCUT2D eigenvalue weighted by molar-refractivity contribution is 6.02. The molecule has 1 aromatic heterocycles. The highest BCUT2D eigenvalue weighted by atomic mass is 16.2. The van der Waals surface area contributed by atoms with E-state index in [4.69, 9.17) is 0 Å². The summed E-state index contributed by atoms with van der Waals surface area (Å²) >= 11 is 0. The molecule has 0 spiro atoms. The maximum absolute atomic E-state index is 12.5. The molecule has 0 radical (unpaired) electrons. The Hall–Kier alpha value is -1.77. The number of aryl methyl sites for hydroxylation is 2. The average molecular weight is 242 g/mol. The lowest BCUT2D eigenvalue weighted by Gasteiger charge is -2.15. The van der Waals surface area contributed by atoms with Gasteiger partial charge in [0.2, 0.25) is 0 Å². The Kier molecular flexibility index (Phi) is 2.62. The second kappa shape index (κ2) is 4.16. The van der Waals surface area contributed by atoms with Gasteiger partial charge >= 0.3 is 0 Å². The normalized spacial score (nSPS) is 15.9. The van der Waals surface area contributed by atoms with E-state index in [9.17, 15) is 4.79 Å². The van der Waals surface area contributed by atoms with Crippen LogP contribution in [0.5, 0.6) is 0 Å². The highest BCUT2D eigenvalue weighted by Crippen LogP contribution is 2.30. The molecule has 0 aliphatic carbocycles. The van der Waals surface area contributed by atoms with E-state index < -0.39 is 0 Å². The molecule has 1 amide bonds. The van der Waals surface area contributed by atoms with Crippen LogP contribution in [0.3, 0.4) is 0 Å². The van der Waals surface area contributed by atoms with Crippen molar-refractivity contribution in [1.29, 1.82) is 0 Å². The molecule has 0 saturated heterocycles. The largest absolute Gasteiger partial charge is 0.340 e. The zero-order valence-corrected chi connectivity index (χ0v) is 10.9. The van der Waals surface area contributed by atoms with Gasteiger partial charge < -0.3 is 9.47 Å². The third-order valence-corrected chi connectivity index (χ3v) is 3.86. The molecule has 0 unspecified atom stereocenters. The summed E-state index contributed by atoms with van der Waals surface area (Å²) in [7, 11) is 1.90. The predicted octanol–water partition coefficient (Wildman–Crippen LogP) is 2.68. The van der Waals surface area contributed by atoms with Gasteiger partial charge in [0.25, 0.3) is 5.91 Å². The third-order valence-electron chi connectivity index (χ3n) is 3.86. The predicted molar refractivity (Wildman–Crippen MR) is 72.9 cm³/mol. The minimum atomic E-state index is 0.167. The van der Waals surface area contributed by atoms with Crippen LogP contribution in [0.2, 0.25) is 0 Å². The lowest BCUT2D eigenvalue weighted by molar-refractivity contribution is 0.0790. The molecule has 3 rings (SSSR count). The van der Waals surface area contributed by atoms with Crippen LogP contribution < -0.4 is 0 Å². The number of carbonyl (C=O) groups is 1. The van der Waals surface area contributed by atoms with E-state index in [1.54, 1.807) is 0 Å². The van der Waals surface area contributed by atoms with Crippen molar-refractivity contribution in [2.24, 2.45) is 0 Å². The molecule has 94 valence electrons. The van der Waals surface area contributed by atoms with Gasteiger partial charge in [-0.2, -0.15) is 0 Å². The number of hydrogen-bond acceptors (Lipinski definition) is 1. The van der Waals surface area contributed by atoms with E-state index >= 15 is 0 Å². The Labute approximate surface area is 107 Å². The van der Waals surface area contributed by atoms with Crippen LogP contribution >= 0.6 is 0 Å². The number of rotatable bonds is 1. The van der Waals surface area contributed by atoms with Crippen LogP contribution in [0.15, 0.2) is 24.3 Å². The van der Waals surface area contributed by atoms with Gasteiger partial charge in [-0.15, -0.1) is 0 Å². The fraction of sp³-hybridized carbons (Fsp3) is 0.400. The zero-order chi connectivity index (χ0) is 12.7. The van der Waals surface area contributed by atoms with Crippen molar-refractivity contribution in [3.63, 3.8) is 0 Å². The van der Waals surface area contributed by atoms with Crippen molar-refractivity contribution in [2.75, 3.05) is 13.6 Å². The van der Waals surface area contributed by atoms with Gasteiger partial charge in [-0.25, -0.2) is 0 Å². The van der Waals surface area contributed by atoms with Gasteiger partial charge in [-0.3, -0.25) is 4.79 Å². The Morgan fingerprint density at radius 2 is 2.06 bits per heavy atom. The van der Waals surface area contributed by atoms with E-state index in [0.29, 0.717) is 0 Å². The van der Waals surface area contributed by atoms with Crippen LogP contribution in [0.4, 0.5) is 0 Å². The number of amides is 1. The van der Waals surface area contributed by atoms with Crippen LogP contribution in [-0.4, -0.2) is 29.0 Å². The standard InChI is InChI=1S/C15H18N2O/c1-3-17-13-9-5-4-7-11(13)12-8-6-10-16(2)15(18)14(12)17/h4-5,7,9H,3,6,8,10H2,1-2H3. The first-order valence-corrected chi connectivity index (χ1v) is 6.59. The Morgan fingerprint density at radius 3 is 2.83 bits per heavy atom. The van der Waals surface area contributed by atoms with Crippen molar-refractivity contribution < 1.29 is 4.79 Å². The molecule has 1 aliphatic heterocycles. The van der Waals surface area contributed by atoms with Gasteiger partial charge in [-0.05, 0) is 31.4 Å². The minimum absolute atomic E-state index is 0.167. The molecule has 1 aliphatic rings. The molecule has 3 nitrogen and oxygen atoms in total. The van der Waals surface area contributed by atoms with Gasteiger partial charge in [0, 0.05) is 31.0 Å². The molecule has 1 aromatic carbocycles. The molecule has 18 heavy (non-hydrogen) atoms. The van der Waals surface area contributed by atoms with E-state index in [0.717, 1.165) is 31.6 Å². The van der Waals surface area contributed by atoms with Crippen molar-refractivity contribution in [2.45, 2.75) is 26.3 Å². The minimum Gasteiger partial charge on any atom is -0.340 e. The van der Waals surface area contributed by atoms with Crippen LogP contribution in [-0.2, 0) is 13.0 Å². The number of nitrogens with zero attached hydrogens (tertiary/aromatic N) is 2. The summed E-state index contributed by atoms with van der Waals surface area (Å²) in [6.45, 7) is 3.80. The second-order valence-electron chi connectivity index (χ2n) is 4.92. The molecule has 2 heterocycles. The Morgan fingerprint density at radius 1 is 1.28 bits per heavy atom. The smallest absolute Gasteiger partial charge is 0.270 e. The maximum atomic E-state index is 12.5. The molecule has 0 atom stereocenters. The van der Waals surface area contributed by atoms with Crippen molar-refractivity contribution in [3.8, 4) is 0 Å². The maximum Gasteiger partial charge on any atom is 0.270 e. The summed E-state index contributed by atoms with van der Waals surface area (Å²) < 4.78 is 2.16. The summed E-state index contributed by atoms with van der Waals surface area (Å²) in [4.78, 5) is 14.3. The molecule has 2 aromatic rings. The quantitative estimate of drug-likeness (QED) is 0.754. The molecule has 0 saturated carbocycles. The molecule has 0 N–H and O–H groups in total. The van der Waals surface area contributed by atoms with Crippen molar-refractivity contribution in [3.05, 3.63) is 35.5 Å². The Bertz CT molecular complexity index is 612. The van der Waals surface area contributed by atoms with Gasteiger partial charge in [-0.1, -0.05) is 18.2 Å². The van der Waals surface area contributed by atoms with E-state index in [2.05, 4.69) is 29.7 Å². The monoisotopic (exact) mass is 242 g/mol. The van der Waals surface area contributed by atoms with Gasteiger partial charge in [0.05, 0.1) is 0 Å². The summed E-state index contributed by atoms with van der Waals surface area (Å²) in [5.41, 5.74) is 3.33. The van der Waals surface area contributed by atoms with Gasteiger partial charge in [0.1, 0.15) is 5.69 Å². The zero-order valence-electron chi connectivity index (χ0n) is 10.9. The molecular weight excluding hydrogens is 224 g/mol. The second-order valence-corrected chi connectivity index (χ2v) is 4.92. The number of benzene rings is 1. The van der Waals surface area contributed by atoms with Crippen molar-refractivity contribution in [1.82, 2.24) is 9.47 Å². The number of para-hydroxylation sites is 1. The van der Waals surface area contributed by atoms with Crippen LogP contribution in [0.25, 0.3) is 10.9 Å². The number of fused-ring (bicyclic) bond motifs is 3. The fourth-order valence-electron chi connectivity index (χ4n) is 2.98. The van der Waals surface area contributed by atoms with E-state index in [1.807, 2.05) is 18.0 Å². The SMILES string of the molecule is CCn1c2c(c3ccccc31)CCCN(C)C2=O. The van der Waals surface area contributed by atoms with E-state index in [1.165, 1.54) is 16.5 Å². The lowest BCUT2D eigenvalue weighted by Crippen LogP contribution is -2.28. The first kappa shape index (κ1) is 11.3. The fourth-order valence-corrected chi connectivity index (χ4v) is 2.98. The van der Waals surface area contributed by atoms with Crippen LogP contribution in [0, 0.1) is 0 Å². The highest BCUT2D eigenvalue weighted by Gasteiger charge is 2.26. The summed E-state index contributed by atoms with van der Waals surface area (Å²) in [5.74, 6) is 0.167. The average Bonchev–Trinajstić information content (AvgIpc) is 2.64. The first-order chi connectivity index (χ1) is 8.74. The van der Waals surface area contributed by atoms with E-state index in [-0.39, 0.29) is 5.91 Å². The van der Waals surface area contributed by atoms with Crippen LogP contribution in [0.1, 0.15) is 29.4 Å². The number of hydrogen-bond donors (Lipinski definition) is 0. The summed E-state index contributed by atoms with van der Waals surface area (Å²) in [6.07, 6.45) is 2.05. The first-order valence-electron chi connectivity index (χ1n) is 6.59. The van der Waals surface area contributed by atoms with Gasteiger partial charge in [0.15, 0.2) is 0 Å². The summed E-state index contributed by atoms with van der Waals surface area (Å²) in [6, 6.07) is 8.35. The molecule has 0 fully saturated rings. The number of carbonyl (C=O) groups excluding carboxylic acids is 1. The Balaban J connectivity index is 2.36. The van der Waals surface area contributed by atoms with Crippen molar-refractivity contribution >= 4 is 16.8 Å². The lowest BCUT2D eigenvalue weighted by atomic mass is 10.1. The third kappa shape index (κ3) is 1.47.